The summed E-state index contributed by atoms with van der Waals surface area (Å²) >= 11 is 12.5. The van der Waals surface area contributed by atoms with Crippen molar-refractivity contribution >= 4 is 50.2 Å². The Bertz CT molecular complexity index is 1590. The van der Waals surface area contributed by atoms with Crippen molar-refractivity contribution < 1.29 is 17.6 Å². The van der Waals surface area contributed by atoms with Gasteiger partial charge in [-0.1, -0.05) is 35.3 Å². The van der Waals surface area contributed by atoms with Crippen LogP contribution in [0.1, 0.15) is 15.9 Å². The first-order valence-electron chi connectivity index (χ1n) is 9.26. The number of hydrogen-bond acceptors (Lipinski definition) is 5. The first kappa shape index (κ1) is 22.7. The summed E-state index contributed by atoms with van der Waals surface area (Å²) in [5.74, 6) is -2.11. The molecule has 2 heterocycles. The van der Waals surface area contributed by atoms with Crippen molar-refractivity contribution in [2.45, 2.75) is 0 Å². The maximum absolute atomic E-state index is 14.8. The molecule has 0 saturated carbocycles. The molecule has 0 bridgehead atoms. The van der Waals surface area contributed by atoms with Gasteiger partial charge in [0.25, 0.3) is 5.91 Å². The van der Waals surface area contributed by atoms with Crippen molar-refractivity contribution in [1.82, 2.24) is 14.3 Å². The number of hydrogen-bond donors (Lipinski definition) is 1. The molecule has 0 aliphatic carbocycles. The molecule has 0 atom stereocenters. The zero-order valence-corrected chi connectivity index (χ0v) is 19.1. The highest BCUT2D eigenvalue weighted by Gasteiger charge is 2.21. The van der Waals surface area contributed by atoms with Crippen LogP contribution in [0, 0.1) is 17.1 Å². The number of sulfonamides is 1. The van der Waals surface area contributed by atoms with Crippen LogP contribution in [-0.4, -0.2) is 30.1 Å². The van der Waals surface area contributed by atoms with E-state index in [0.29, 0.717) is 32.7 Å². The molecule has 2 aromatic carbocycles. The van der Waals surface area contributed by atoms with Crippen LogP contribution in [0.4, 0.5) is 4.39 Å². The van der Waals surface area contributed by atoms with Crippen LogP contribution >= 0.6 is 23.2 Å². The number of amides is 1. The number of carbonyl (C=O) groups excluding carboxylic acids is 1. The van der Waals surface area contributed by atoms with Crippen molar-refractivity contribution in [2.24, 2.45) is 0 Å². The van der Waals surface area contributed by atoms with Gasteiger partial charge in [-0.15, -0.1) is 0 Å². The second kappa shape index (κ2) is 8.48. The lowest BCUT2D eigenvalue weighted by Gasteiger charge is -2.11. The summed E-state index contributed by atoms with van der Waals surface area (Å²) in [5.41, 5.74) is 1.89. The average molecular weight is 503 g/mol. The smallest absolute Gasteiger partial charge is 0.267 e. The zero-order chi connectivity index (χ0) is 23.9. The topological polar surface area (TPSA) is 105 Å². The number of aromatic nitrogens is 2. The lowest BCUT2D eigenvalue weighted by Crippen LogP contribution is -2.30. The molecule has 11 heteroatoms. The largest absolute Gasteiger partial charge is 0.299 e. The average Bonchev–Trinajstić information content (AvgIpc) is 3.12. The molecule has 0 spiro atoms. The number of fused-ring (bicyclic) bond motifs is 1. The lowest BCUT2D eigenvalue weighted by atomic mass is 10.0. The van der Waals surface area contributed by atoms with Crippen molar-refractivity contribution in [1.29, 1.82) is 5.26 Å². The Hall–Kier alpha value is -3.45. The minimum absolute atomic E-state index is 0.0129. The van der Waals surface area contributed by atoms with Crippen LogP contribution in [0.3, 0.4) is 0 Å². The molecule has 7 nitrogen and oxygen atoms in total. The number of nitrogens with one attached hydrogen (secondary N) is 1. The van der Waals surface area contributed by atoms with E-state index >= 15 is 0 Å². The molecule has 166 valence electrons. The van der Waals surface area contributed by atoms with Gasteiger partial charge in [0.15, 0.2) is 0 Å². The van der Waals surface area contributed by atoms with Crippen LogP contribution in [0.2, 0.25) is 10.0 Å². The summed E-state index contributed by atoms with van der Waals surface area (Å²) in [6.45, 7) is 0. The van der Waals surface area contributed by atoms with E-state index < -0.39 is 27.3 Å². The van der Waals surface area contributed by atoms with E-state index in [1.807, 2.05) is 6.07 Å². The SMILES string of the molecule is CS(=O)(=O)NC(=O)c1cc(Cl)c(-n2cc(-c3cccc(C#N)c3)c3cc(Cl)cnc32)cc1F. The molecule has 0 fully saturated rings. The fraction of sp³-hybridized carbons (Fsp3) is 0.0455. The molecule has 0 radical (unpaired) electrons. The van der Waals surface area contributed by atoms with E-state index in [9.17, 15) is 22.9 Å². The number of benzene rings is 2. The van der Waals surface area contributed by atoms with Crippen LogP contribution < -0.4 is 4.72 Å². The highest BCUT2D eigenvalue weighted by Crippen LogP contribution is 2.35. The summed E-state index contributed by atoms with van der Waals surface area (Å²) in [4.78, 5) is 16.5. The van der Waals surface area contributed by atoms with Gasteiger partial charge in [-0.2, -0.15) is 5.26 Å². The molecule has 1 N–H and O–H groups in total. The standard InChI is InChI=1S/C22H13Cl2FN4O3S/c1-33(31,32)28-22(30)16-7-18(24)20(8-19(16)25)29-11-17(13-4-2-3-12(5-13)9-26)15-6-14(23)10-27-21(15)29/h2-8,10-11H,1H3,(H,28,30). The van der Waals surface area contributed by atoms with Crippen molar-refractivity contribution in [2.75, 3.05) is 6.26 Å². The second-order valence-corrected chi connectivity index (χ2v) is 9.71. The molecule has 4 rings (SSSR count). The van der Waals surface area contributed by atoms with E-state index in [0.717, 1.165) is 18.4 Å². The van der Waals surface area contributed by atoms with Gasteiger partial charge in [0.2, 0.25) is 10.0 Å². The summed E-state index contributed by atoms with van der Waals surface area (Å²) in [7, 11) is -3.89. The molecule has 0 saturated heterocycles. The maximum atomic E-state index is 14.8. The van der Waals surface area contributed by atoms with Gasteiger partial charge in [0.1, 0.15) is 11.5 Å². The Morgan fingerprint density at radius 2 is 1.97 bits per heavy atom. The third kappa shape index (κ3) is 4.54. The van der Waals surface area contributed by atoms with Gasteiger partial charge in [0, 0.05) is 29.4 Å². The summed E-state index contributed by atoms with van der Waals surface area (Å²) in [6, 6.07) is 12.7. The molecule has 1 amide bonds. The number of nitrogens with zero attached hydrogens (tertiary/aromatic N) is 3. The van der Waals surface area contributed by atoms with E-state index in [1.165, 1.54) is 10.8 Å². The molecular weight excluding hydrogens is 490 g/mol. The van der Waals surface area contributed by atoms with Gasteiger partial charge in [-0.3, -0.25) is 9.36 Å². The fourth-order valence-electron chi connectivity index (χ4n) is 3.37. The number of rotatable bonds is 4. The first-order valence-corrected chi connectivity index (χ1v) is 11.9. The molecule has 4 aromatic rings. The van der Waals surface area contributed by atoms with Crippen LogP contribution in [0.15, 0.2) is 54.9 Å². The minimum Gasteiger partial charge on any atom is -0.299 e. The normalized spacial score (nSPS) is 11.4. The number of pyridine rings is 1. The lowest BCUT2D eigenvalue weighted by molar-refractivity contribution is 0.0978. The zero-order valence-electron chi connectivity index (χ0n) is 16.8. The molecule has 2 aromatic heterocycles. The third-order valence-corrected chi connectivity index (χ3v) is 5.80. The predicted octanol–water partition coefficient (Wildman–Crippen LogP) is 4.70. The van der Waals surface area contributed by atoms with Crippen LogP contribution in [-0.2, 0) is 10.0 Å². The molecule has 33 heavy (non-hydrogen) atoms. The van der Waals surface area contributed by atoms with Crippen LogP contribution in [0.25, 0.3) is 27.8 Å². The number of nitriles is 1. The Labute approximate surface area is 198 Å². The van der Waals surface area contributed by atoms with Crippen molar-refractivity contribution in [3.05, 3.63) is 81.8 Å². The monoisotopic (exact) mass is 502 g/mol. The maximum Gasteiger partial charge on any atom is 0.267 e. The molecule has 0 aliphatic rings. The number of halogens is 3. The second-order valence-electron chi connectivity index (χ2n) is 7.12. The van der Waals surface area contributed by atoms with Gasteiger partial charge < -0.3 is 0 Å². The van der Waals surface area contributed by atoms with E-state index in [4.69, 9.17) is 23.2 Å². The highest BCUT2D eigenvalue weighted by molar-refractivity contribution is 7.89. The van der Waals surface area contributed by atoms with Crippen LogP contribution in [0.5, 0.6) is 0 Å². The van der Waals surface area contributed by atoms with E-state index in [-0.39, 0.29) is 10.7 Å². The highest BCUT2D eigenvalue weighted by atomic mass is 35.5. The number of carbonyl (C=O) groups is 1. The summed E-state index contributed by atoms with van der Waals surface area (Å²) < 4.78 is 40.7. The van der Waals surface area contributed by atoms with Crippen molar-refractivity contribution in [3.8, 4) is 22.9 Å². The van der Waals surface area contributed by atoms with Gasteiger partial charge in [0.05, 0.1) is 39.2 Å². The third-order valence-electron chi connectivity index (χ3n) is 4.73. The minimum atomic E-state index is -3.89. The first-order chi connectivity index (χ1) is 15.6. The molecule has 0 unspecified atom stereocenters. The van der Waals surface area contributed by atoms with Gasteiger partial charge in [-0.25, -0.2) is 22.5 Å². The quantitative estimate of drug-likeness (QED) is 0.435. The van der Waals surface area contributed by atoms with Crippen molar-refractivity contribution in [3.63, 3.8) is 0 Å². The Kier molecular flexibility index (Phi) is 5.84. The fourth-order valence-corrected chi connectivity index (χ4v) is 4.23. The molecular formula is C22H13Cl2FN4O3S. The Balaban J connectivity index is 1.91. The molecule has 0 aliphatic heterocycles. The van der Waals surface area contributed by atoms with E-state index in [1.54, 1.807) is 35.2 Å². The Morgan fingerprint density at radius 3 is 2.67 bits per heavy atom. The summed E-state index contributed by atoms with van der Waals surface area (Å²) in [6.07, 6.45) is 3.87. The predicted molar refractivity (Wildman–Crippen MR) is 124 cm³/mol. The summed E-state index contributed by atoms with van der Waals surface area (Å²) in [5, 5.41) is 10.2. The Morgan fingerprint density at radius 1 is 1.21 bits per heavy atom. The van der Waals surface area contributed by atoms with Gasteiger partial charge >= 0.3 is 0 Å². The van der Waals surface area contributed by atoms with Gasteiger partial charge in [-0.05, 0) is 29.8 Å². The van der Waals surface area contributed by atoms with E-state index in [2.05, 4.69) is 11.1 Å².